The molecule has 0 saturated heterocycles. The van der Waals surface area contributed by atoms with E-state index in [9.17, 15) is 17.2 Å². The molecule has 0 aliphatic rings. The lowest BCUT2D eigenvalue weighted by Gasteiger charge is -2.15. The van der Waals surface area contributed by atoms with Gasteiger partial charge in [-0.25, -0.2) is 21.9 Å². The molecular formula is C15H19F2N3O3S. The zero-order valence-electron chi connectivity index (χ0n) is 13.4. The van der Waals surface area contributed by atoms with Crippen molar-refractivity contribution in [3.8, 4) is 0 Å². The molecule has 0 aliphatic carbocycles. The van der Waals surface area contributed by atoms with E-state index in [0.29, 0.717) is 12.2 Å². The number of nitrogens with one attached hydrogen (secondary N) is 1. The van der Waals surface area contributed by atoms with Gasteiger partial charge < -0.3 is 4.52 Å². The van der Waals surface area contributed by atoms with Crippen LogP contribution in [0.25, 0.3) is 0 Å². The van der Waals surface area contributed by atoms with Crippen molar-refractivity contribution in [2.45, 2.75) is 24.8 Å². The van der Waals surface area contributed by atoms with Gasteiger partial charge in [0.15, 0.2) is 0 Å². The molecule has 0 saturated carbocycles. The van der Waals surface area contributed by atoms with Gasteiger partial charge in [0, 0.05) is 25.7 Å². The van der Waals surface area contributed by atoms with Crippen molar-refractivity contribution >= 4 is 10.0 Å². The van der Waals surface area contributed by atoms with E-state index in [-0.39, 0.29) is 18.0 Å². The molecule has 132 valence electrons. The Labute approximate surface area is 139 Å². The van der Waals surface area contributed by atoms with Crippen molar-refractivity contribution in [1.82, 2.24) is 14.8 Å². The number of nitrogens with zero attached hydrogens (tertiary/aromatic N) is 2. The summed E-state index contributed by atoms with van der Waals surface area (Å²) >= 11 is 0. The Kier molecular flexibility index (Phi) is 6.03. The first-order valence-electron chi connectivity index (χ1n) is 7.26. The third-order valence-electron chi connectivity index (χ3n) is 3.34. The first-order chi connectivity index (χ1) is 11.3. The molecule has 0 atom stereocenters. The second-order valence-electron chi connectivity index (χ2n) is 5.47. The number of aryl methyl sites for hydroxylation is 1. The summed E-state index contributed by atoms with van der Waals surface area (Å²) in [5, 5.41) is 3.55. The Balaban J connectivity index is 1.83. The molecule has 0 aliphatic heterocycles. The van der Waals surface area contributed by atoms with Crippen LogP contribution in [0.15, 0.2) is 39.8 Å². The molecule has 0 radical (unpaired) electrons. The molecule has 1 aromatic heterocycles. The molecule has 2 aromatic rings. The molecule has 24 heavy (non-hydrogen) atoms. The highest BCUT2D eigenvalue weighted by atomic mass is 32.2. The number of sulfonamides is 1. The Morgan fingerprint density at radius 2 is 1.96 bits per heavy atom. The molecule has 1 N–H and O–H groups in total. The molecule has 0 bridgehead atoms. The van der Waals surface area contributed by atoms with Gasteiger partial charge in [0.05, 0.1) is 10.6 Å². The van der Waals surface area contributed by atoms with E-state index in [0.717, 1.165) is 5.56 Å². The summed E-state index contributed by atoms with van der Waals surface area (Å²) in [6, 6.07) is 7.74. The third kappa shape index (κ3) is 5.08. The topological polar surface area (TPSA) is 75.4 Å². The SMILES string of the molecule is Cc1ccc(S(=O)(=O)NCCN(C)Cc2cc(C(F)F)on2)cc1. The van der Waals surface area contributed by atoms with E-state index in [1.54, 1.807) is 36.2 Å². The van der Waals surface area contributed by atoms with E-state index < -0.39 is 22.2 Å². The van der Waals surface area contributed by atoms with Crippen LogP contribution in [0.4, 0.5) is 8.78 Å². The van der Waals surface area contributed by atoms with Crippen molar-refractivity contribution in [2.24, 2.45) is 0 Å². The van der Waals surface area contributed by atoms with Gasteiger partial charge in [-0.05, 0) is 26.1 Å². The number of hydrogen-bond acceptors (Lipinski definition) is 5. The fourth-order valence-corrected chi connectivity index (χ4v) is 3.05. The van der Waals surface area contributed by atoms with Crippen LogP contribution in [0.2, 0.25) is 0 Å². The number of alkyl halides is 2. The highest BCUT2D eigenvalue weighted by molar-refractivity contribution is 7.89. The number of halogens is 2. The minimum absolute atomic E-state index is 0.187. The largest absolute Gasteiger partial charge is 0.355 e. The first-order valence-corrected chi connectivity index (χ1v) is 8.75. The van der Waals surface area contributed by atoms with Gasteiger partial charge in [-0.2, -0.15) is 0 Å². The highest BCUT2D eigenvalue weighted by Gasteiger charge is 2.16. The minimum Gasteiger partial charge on any atom is -0.355 e. The van der Waals surface area contributed by atoms with E-state index in [1.807, 2.05) is 6.92 Å². The second kappa shape index (κ2) is 7.82. The molecule has 0 spiro atoms. The van der Waals surface area contributed by atoms with Crippen molar-refractivity contribution in [2.75, 3.05) is 20.1 Å². The summed E-state index contributed by atoms with van der Waals surface area (Å²) in [7, 11) is -1.83. The number of benzene rings is 1. The van der Waals surface area contributed by atoms with Crippen molar-refractivity contribution in [1.29, 1.82) is 0 Å². The Bertz CT molecular complexity index is 761. The van der Waals surface area contributed by atoms with Gasteiger partial charge in [-0.15, -0.1) is 0 Å². The summed E-state index contributed by atoms with van der Waals surface area (Å²) in [4.78, 5) is 1.96. The quantitative estimate of drug-likeness (QED) is 0.783. The molecule has 0 unspecified atom stereocenters. The van der Waals surface area contributed by atoms with Crippen LogP contribution in [0.3, 0.4) is 0 Å². The maximum absolute atomic E-state index is 12.4. The number of rotatable bonds is 8. The van der Waals surface area contributed by atoms with Crippen molar-refractivity contribution in [3.63, 3.8) is 0 Å². The molecule has 0 amide bonds. The lowest BCUT2D eigenvalue weighted by atomic mass is 10.2. The molecule has 9 heteroatoms. The minimum atomic E-state index is -3.56. The van der Waals surface area contributed by atoms with E-state index in [1.165, 1.54) is 6.07 Å². The average Bonchev–Trinajstić information content (AvgIpc) is 2.96. The maximum Gasteiger partial charge on any atom is 0.298 e. The molecule has 1 heterocycles. The van der Waals surface area contributed by atoms with Crippen LogP contribution in [0.1, 0.15) is 23.4 Å². The fourth-order valence-electron chi connectivity index (χ4n) is 2.03. The van der Waals surface area contributed by atoms with Crippen LogP contribution in [0, 0.1) is 6.92 Å². The van der Waals surface area contributed by atoms with Crippen LogP contribution in [0.5, 0.6) is 0 Å². The Hall–Kier alpha value is -1.84. The first kappa shape index (κ1) is 18.5. The monoisotopic (exact) mass is 359 g/mol. The summed E-state index contributed by atoms with van der Waals surface area (Å²) in [5.41, 5.74) is 1.35. The highest BCUT2D eigenvalue weighted by Crippen LogP contribution is 2.19. The van der Waals surface area contributed by atoms with Gasteiger partial charge in [0.1, 0.15) is 0 Å². The zero-order valence-corrected chi connectivity index (χ0v) is 14.2. The summed E-state index contributed by atoms with van der Waals surface area (Å²) in [6.45, 7) is 2.73. The third-order valence-corrected chi connectivity index (χ3v) is 4.82. The van der Waals surface area contributed by atoms with Gasteiger partial charge in [-0.3, -0.25) is 4.90 Å². The van der Waals surface area contributed by atoms with E-state index in [4.69, 9.17) is 0 Å². The number of hydrogen-bond donors (Lipinski definition) is 1. The standard InChI is InChI=1S/C15H19F2N3O3S/c1-11-3-5-13(6-4-11)24(21,22)18-7-8-20(2)10-12-9-14(15(16)17)23-19-12/h3-6,9,15,18H,7-8,10H2,1-2H3. The Morgan fingerprint density at radius 3 is 2.54 bits per heavy atom. The molecule has 6 nitrogen and oxygen atoms in total. The zero-order chi connectivity index (χ0) is 17.7. The second-order valence-corrected chi connectivity index (χ2v) is 7.24. The normalized spacial score (nSPS) is 12.2. The van der Waals surface area contributed by atoms with Gasteiger partial charge >= 0.3 is 0 Å². The molecule has 0 fully saturated rings. The number of aromatic nitrogens is 1. The molecule has 2 rings (SSSR count). The van der Waals surface area contributed by atoms with Crippen LogP contribution < -0.4 is 4.72 Å². The molecular weight excluding hydrogens is 340 g/mol. The summed E-state index contributed by atoms with van der Waals surface area (Å²) in [5.74, 6) is -0.474. The van der Waals surface area contributed by atoms with Gasteiger partial charge in [0.2, 0.25) is 15.8 Å². The smallest absolute Gasteiger partial charge is 0.298 e. The van der Waals surface area contributed by atoms with Crippen molar-refractivity contribution < 1.29 is 21.7 Å². The molecule has 1 aromatic carbocycles. The van der Waals surface area contributed by atoms with E-state index >= 15 is 0 Å². The summed E-state index contributed by atoms with van der Waals surface area (Å²) < 4.78 is 56.1. The number of likely N-dealkylation sites (N-methyl/N-ethyl adjacent to an activating group) is 1. The van der Waals surface area contributed by atoms with Crippen molar-refractivity contribution in [3.05, 3.63) is 47.3 Å². The van der Waals surface area contributed by atoms with Crippen LogP contribution >= 0.6 is 0 Å². The Morgan fingerprint density at radius 1 is 1.29 bits per heavy atom. The maximum atomic E-state index is 12.4. The predicted molar refractivity (Wildman–Crippen MR) is 84.2 cm³/mol. The predicted octanol–water partition coefficient (Wildman–Crippen LogP) is 2.33. The van der Waals surface area contributed by atoms with E-state index in [2.05, 4.69) is 14.4 Å². The lowest BCUT2D eigenvalue weighted by molar-refractivity contribution is 0.112. The average molecular weight is 359 g/mol. The van der Waals surface area contributed by atoms with Gasteiger partial charge in [-0.1, -0.05) is 22.9 Å². The summed E-state index contributed by atoms with van der Waals surface area (Å²) in [6.07, 6.45) is -2.70. The lowest BCUT2D eigenvalue weighted by Crippen LogP contribution is -2.32. The van der Waals surface area contributed by atoms with Gasteiger partial charge in [0.25, 0.3) is 6.43 Å². The fraction of sp³-hybridized carbons (Fsp3) is 0.400. The van der Waals surface area contributed by atoms with Crippen LogP contribution in [-0.2, 0) is 16.6 Å². The van der Waals surface area contributed by atoms with Crippen LogP contribution in [-0.4, -0.2) is 38.6 Å².